The lowest BCUT2D eigenvalue weighted by molar-refractivity contribution is 0.316. The first-order chi connectivity index (χ1) is 16.0. The fourth-order valence-corrected chi connectivity index (χ4v) is 4.68. The Morgan fingerprint density at radius 3 is 2.61 bits per heavy atom. The molecule has 1 aromatic heterocycles. The molecule has 0 radical (unpaired) electrons. The number of ether oxygens (including phenoxy) is 1. The summed E-state index contributed by atoms with van der Waals surface area (Å²) in [6.45, 7) is 4.27. The minimum atomic E-state index is 0.199. The fourth-order valence-electron chi connectivity index (χ4n) is 4.68. The van der Waals surface area contributed by atoms with E-state index in [1.54, 1.807) is 6.07 Å². The van der Waals surface area contributed by atoms with E-state index in [1.807, 2.05) is 25.1 Å². The third-order valence-electron chi connectivity index (χ3n) is 6.46. The minimum Gasteiger partial charge on any atom is -0.504 e. The second-order valence-corrected chi connectivity index (χ2v) is 9.17. The maximum absolute atomic E-state index is 9.86. The molecule has 6 heteroatoms. The Labute approximate surface area is 197 Å². The van der Waals surface area contributed by atoms with E-state index < -0.39 is 0 Å². The molecule has 0 amide bonds. The highest BCUT2D eigenvalue weighted by Crippen LogP contribution is 2.31. The van der Waals surface area contributed by atoms with Crippen LogP contribution < -0.4 is 20.3 Å². The van der Waals surface area contributed by atoms with E-state index in [1.165, 1.54) is 23.9 Å². The zero-order chi connectivity index (χ0) is 23.2. The largest absolute Gasteiger partial charge is 0.504 e. The normalized spacial score (nSPS) is 18.3. The highest BCUT2D eigenvalue weighted by Gasteiger charge is 2.21. The van der Waals surface area contributed by atoms with Gasteiger partial charge in [0.05, 0.1) is 12.1 Å². The number of benzene rings is 2. The van der Waals surface area contributed by atoms with Gasteiger partial charge in [0.1, 0.15) is 5.82 Å². The minimum absolute atomic E-state index is 0.199. The smallest absolute Gasteiger partial charge is 0.161 e. The molecular formula is C27H36N4O2. The SMILES string of the molecule is CCOc1cc(CNC[C@H]2CC[C@@H](Nc3cc(N(C)C)c4ccccc4n3)CC2)ccc1O. The van der Waals surface area contributed by atoms with Crippen molar-refractivity contribution < 1.29 is 9.84 Å². The Bertz CT molecular complexity index is 1060. The summed E-state index contributed by atoms with van der Waals surface area (Å²) in [5.41, 5.74) is 3.36. The van der Waals surface area contributed by atoms with Gasteiger partial charge in [0, 0.05) is 43.8 Å². The second kappa shape index (κ2) is 10.8. The number of rotatable bonds is 9. The van der Waals surface area contributed by atoms with Crippen molar-refractivity contribution >= 4 is 22.4 Å². The van der Waals surface area contributed by atoms with E-state index in [0.717, 1.165) is 42.8 Å². The van der Waals surface area contributed by atoms with Gasteiger partial charge in [0.25, 0.3) is 0 Å². The molecule has 1 fully saturated rings. The van der Waals surface area contributed by atoms with Crippen LogP contribution in [0.2, 0.25) is 0 Å². The molecular weight excluding hydrogens is 412 g/mol. The van der Waals surface area contributed by atoms with Gasteiger partial charge in [-0.3, -0.25) is 0 Å². The Morgan fingerprint density at radius 2 is 1.85 bits per heavy atom. The topological polar surface area (TPSA) is 69.7 Å². The summed E-state index contributed by atoms with van der Waals surface area (Å²) in [5, 5.41) is 18.3. The number of hydrogen-bond donors (Lipinski definition) is 3. The Kier molecular flexibility index (Phi) is 7.55. The van der Waals surface area contributed by atoms with Crippen molar-refractivity contribution in [2.45, 2.75) is 45.2 Å². The third kappa shape index (κ3) is 5.88. The number of phenolic OH excluding ortho intramolecular Hbond substituents is 1. The third-order valence-corrected chi connectivity index (χ3v) is 6.46. The number of anilines is 2. The molecule has 1 heterocycles. The van der Waals surface area contributed by atoms with E-state index in [9.17, 15) is 5.11 Å². The Balaban J connectivity index is 1.27. The van der Waals surface area contributed by atoms with Gasteiger partial charge < -0.3 is 25.4 Å². The summed E-state index contributed by atoms with van der Waals surface area (Å²) in [6, 6.07) is 16.6. The number of para-hydroxylation sites is 1. The van der Waals surface area contributed by atoms with Gasteiger partial charge in [-0.05, 0) is 68.8 Å². The molecule has 6 nitrogen and oxygen atoms in total. The van der Waals surface area contributed by atoms with Gasteiger partial charge in [-0.1, -0.05) is 24.3 Å². The van der Waals surface area contributed by atoms with Crippen LogP contribution in [0.1, 0.15) is 38.2 Å². The van der Waals surface area contributed by atoms with Gasteiger partial charge in [0.2, 0.25) is 0 Å². The molecule has 0 saturated heterocycles. The van der Waals surface area contributed by atoms with E-state index in [-0.39, 0.29) is 5.75 Å². The predicted molar refractivity (Wildman–Crippen MR) is 136 cm³/mol. The van der Waals surface area contributed by atoms with Gasteiger partial charge >= 0.3 is 0 Å². The van der Waals surface area contributed by atoms with Gasteiger partial charge in [-0.2, -0.15) is 0 Å². The summed E-state index contributed by atoms with van der Waals surface area (Å²) in [7, 11) is 4.17. The Hall–Kier alpha value is -2.99. The van der Waals surface area contributed by atoms with Crippen molar-refractivity contribution in [3.63, 3.8) is 0 Å². The molecule has 176 valence electrons. The van der Waals surface area contributed by atoms with Crippen LogP contribution in [0.25, 0.3) is 10.9 Å². The van der Waals surface area contributed by atoms with Crippen LogP contribution in [0.3, 0.4) is 0 Å². The van der Waals surface area contributed by atoms with Crippen molar-refractivity contribution in [1.29, 1.82) is 0 Å². The zero-order valence-corrected chi connectivity index (χ0v) is 20.0. The summed E-state index contributed by atoms with van der Waals surface area (Å²) < 4.78 is 5.49. The number of aromatic hydroxyl groups is 1. The summed E-state index contributed by atoms with van der Waals surface area (Å²) in [5.74, 6) is 2.41. The zero-order valence-electron chi connectivity index (χ0n) is 20.0. The predicted octanol–water partition coefficient (Wildman–Crippen LogP) is 5.17. The molecule has 3 aromatic rings. The molecule has 0 spiro atoms. The van der Waals surface area contributed by atoms with Crippen LogP contribution in [0.5, 0.6) is 11.5 Å². The number of nitrogens with zero attached hydrogens (tertiary/aromatic N) is 2. The fraction of sp³-hybridized carbons (Fsp3) is 0.444. The van der Waals surface area contributed by atoms with Gasteiger partial charge in [-0.15, -0.1) is 0 Å². The van der Waals surface area contributed by atoms with E-state index in [0.29, 0.717) is 24.3 Å². The monoisotopic (exact) mass is 448 g/mol. The van der Waals surface area contributed by atoms with Crippen LogP contribution >= 0.6 is 0 Å². The molecule has 0 aliphatic heterocycles. The first kappa shape index (κ1) is 23.2. The molecule has 3 N–H and O–H groups in total. The van der Waals surface area contributed by atoms with E-state index >= 15 is 0 Å². The molecule has 0 bridgehead atoms. The summed E-state index contributed by atoms with van der Waals surface area (Å²) in [4.78, 5) is 7.02. The quantitative estimate of drug-likeness (QED) is 0.420. The number of fused-ring (bicyclic) bond motifs is 1. The van der Waals surface area contributed by atoms with Crippen molar-refractivity contribution in [3.05, 3.63) is 54.1 Å². The lowest BCUT2D eigenvalue weighted by Gasteiger charge is -2.30. The van der Waals surface area contributed by atoms with Crippen LogP contribution in [0.4, 0.5) is 11.5 Å². The summed E-state index contributed by atoms with van der Waals surface area (Å²) >= 11 is 0. The number of aromatic nitrogens is 1. The average molecular weight is 449 g/mol. The molecule has 4 rings (SSSR count). The molecule has 2 aromatic carbocycles. The van der Waals surface area contributed by atoms with Crippen molar-refractivity contribution in [2.24, 2.45) is 5.92 Å². The maximum Gasteiger partial charge on any atom is 0.161 e. The highest BCUT2D eigenvalue weighted by atomic mass is 16.5. The second-order valence-electron chi connectivity index (χ2n) is 9.17. The highest BCUT2D eigenvalue weighted by molar-refractivity contribution is 5.93. The van der Waals surface area contributed by atoms with E-state index in [4.69, 9.17) is 9.72 Å². The van der Waals surface area contributed by atoms with Crippen LogP contribution in [0, 0.1) is 5.92 Å². The average Bonchev–Trinajstić information content (AvgIpc) is 2.82. The number of phenols is 1. The van der Waals surface area contributed by atoms with Crippen LogP contribution in [-0.4, -0.2) is 43.4 Å². The molecule has 1 saturated carbocycles. The summed E-state index contributed by atoms with van der Waals surface area (Å²) in [6.07, 6.45) is 4.73. The molecule has 33 heavy (non-hydrogen) atoms. The van der Waals surface area contributed by atoms with Gasteiger partial charge in [-0.25, -0.2) is 4.98 Å². The van der Waals surface area contributed by atoms with E-state index in [2.05, 4.69) is 53.9 Å². The maximum atomic E-state index is 9.86. The first-order valence-electron chi connectivity index (χ1n) is 12.0. The number of hydrogen-bond acceptors (Lipinski definition) is 6. The molecule has 0 atom stereocenters. The lowest BCUT2D eigenvalue weighted by atomic mass is 9.86. The Morgan fingerprint density at radius 1 is 1.06 bits per heavy atom. The standard InChI is InChI=1S/C27H36N4O2/c1-4-33-26-15-20(11-14-25(26)32)18-28-17-19-9-12-21(13-10-19)29-27-16-24(31(2)3)22-7-5-6-8-23(22)30-27/h5-8,11,14-16,19,21,28,32H,4,9-10,12-13,17-18H2,1-3H3,(H,29,30)/t19-,21+. The van der Waals surface area contributed by atoms with Crippen molar-refractivity contribution in [2.75, 3.05) is 37.5 Å². The lowest BCUT2D eigenvalue weighted by Crippen LogP contribution is -2.31. The van der Waals surface area contributed by atoms with Crippen LogP contribution in [0.15, 0.2) is 48.5 Å². The number of nitrogens with one attached hydrogen (secondary N) is 2. The molecule has 1 aliphatic rings. The first-order valence-corrected chi connectivity index (χ1v) is 12.0. The number of pyridine rings is 1. The van der Waals surface area contributed by atoms with Crippen LogP contribution in [-0.2, 0) is 6.54 Å². The van der Waals surface area contributed by atoms with Gasteiger partial charge in [0.15, 0.2) is 11.5 Å². The van der Waals surface area contributed by atoms with Crippen molar-refractivity contribution in [3.8, 4) is 11.5 Å². The molecule has 0 unspecified atom stereocenters. The van der Waals surface area contributed by atoms with Crippen molar-refractivity contribution in [1.82, 2.24) is 10.3 Å². The molecule has 1 aliphatic carbocycles.